The third-order valence-corrected chi connectivity index (χ3v) is 3.61. The van der Waals surface area contributed by atoms with Crippen molar-refractivity contribution in [3.05, 3.63) is 81.9 Å². The summed E-state index contributed by atoms with van der Waals surface area (Å²) in [7, 11) is 0. The molecule has 0 aliphatic rings. The number of nitro groups is 1. The molecule has 3 aromatic rings. The molecular weight excluding hydrogens is 336 g/mol. The van der Waals surface area contributed by atoms with Gasteiger partial charge in [0.25, 0.3) is 11.6 Å². The highest BCUT2D eigenvalue weighted by Gasteiger charge is 2.12. The van der Waals surface area contributed by atoms with E-state index in [0.717, 1.165) is 11.1 Å². The monoisotopic (exact) mass is 350 g/mol. The number of nitrogens with zero attached hydrogens (tertiary/aromatic N) is 3. The van der Waals surface area contributed by atoms with Crippen molar-refractivity contribution in [2.75, 3.05) is 0 Å². The zero-order valence-corrected chi connectivity index (χ0v) is 13.7. The molecule has 0 fully saturated rings. The topological polar surface area (TPSA) is 111 Å². The van der Waals surface area contributed by atoms with E-state index in [1.165, 1.54) is 30.7 Å². The molecule has 2 aromatic heterocycles. The van der Waals surface area contributed by atoms with Crippen molar-refractivity contribution in [1.29, 1.82) is 0 Å². The molecule has 1 aromatic carbocycles. The van der Waals surface area contributed by atoms with Gasteiger partial charge in [-0.15, -0.1) is 0 Å². The van der Waals surface area contributed by atoms with Gasteiger partial charge in [-0.25, -0.2) is 5.43 Å². The van der Waals surface area contributed by atoms with E-state index in [1.807, 2.05) is 0 Å². The Balaban J connectivity index is 1.70. The summed E-state index contributed by atoms with van der Waals surface area (Å²) in [5.41, 5.74) is 4.34. The first-order valence-corrected chi connectivity index (χ1v) is 7.63. The summed E-state index contributed by atoms with van der Waals surface area (Å²) in [6.45, 7) is 1.77. The number of aromatic nitrogens is 1. The normalized spacial score (nSPS) is 10.8. The Bertz CT molecular complexity index is 980. The predicted octanol–water partition coefficient (Wildman–Crippen LogP) is 3.32. The fourth-order valence-electron chi connectivity index (χ4n) is 2.33. The number of benzene rings is 1. The average molecular weight is 350 g/mol. The van der Waals surface area contributed by atoms with Crippen molar-refractivity contribution in [3.63, 3.8) is 0 Å². The fraction of sp³-hybridized carbons (Fsp3) is 0.0556. The Labute approximate surface area is 148 Å². The van der Waals surface area contributed by atoms with Gasteiger partial charge in [0.15, 0.2) is 0 Å². The molecule has 0 saturated heterocycles. The smallest absolute Gasteiger partial charge is 0.271 e. The highest BCUT2D eigenvalue weighted by molar-refractivity contribution is 5.94. The van der Waals surface area contributed by atoms with Crippen molar-refractivity contribution in [2.24, 2.45) is 5.10 Å². The summed E-state index contributed by atoms with van der Waals surface area (Å²) >= 11 is 0. The summed E-state index contributed by atoms with van der Waals surface area (Å²) in [4.78, 5) is 26.1. The number of aryl methyl sites for hydroxylation is 1. The second-order valence-corrected chi connectivity index (χ2v) is 5.39. The van der Waals surface area contributed by atoms with E-state index in [1.54, 1.807) is 37.3 Å². The average Bonchev–Trinajstić information content (AvgIpc) is 3.10. The summed E-state index contributed by atoms with van der Waals surface area (Å²) < 4.78 is 5.66. The summed E-state index contributed by atoms with van der Waals surface area (Å²) in [6, 6.07) is 11.1. The first kappa shape index (κ1) is 17.0. The number of amides is 1. The van der Waals surface area contributed by atoms with Crippen LogP contribution in [0.3, 0.4) is 0 Å². The molecule has 0 bridgehead atoms. The molecule has 0 aliphatic carbocycles. The Hall–Kier alpha value is -3.81. The van der Waals surface area contributed by atoms with Gasteiger partial charge in [0.1, 0.15) is 11.5 Å². The molecule has 0 unspecified atom stereocenters. The number of furan rings is 1. The van der Waals surface area contributed by atoms with Crippen LogP contribution >= 0.6 is 0 Å². The third-order valence-electron chi connectivity index (χ3n) is 3.61. The zero-order chi connectivity index (χ0) is 18.5. The minimum Gasteiger partial charge on any atom is -0.455 e. The van der Waals surface area contributed by atoms with E-state index in [4.69, 9.17) is 4.42 Å². The van der Waals surface area contributed by atoms with Crippen LogP contribution in [-0.2, 0) is 0 Å². The Morgan fingerprint density at radius 1 is 1.23 bits per heavy atom. The molecule has 8 nitrogen and oxygen atoms in total. The molecule has 26 heavy (non-hydrogen) atoms. The first-order chi connectivity index (χ1) is 12.5. The maximum absolute atomic E-state index is 11.9. The van der Waals surface area contributed by atoms with Gasteiger partial charge >= 0.3 is 0 Å². The predicted molar refractivity (Wildman–Crippen MR) is 94.8 cm³/mol. The molecule has 0 saturated carbocycles. The number of nitrogens with one attached hydrogen (secondary N) is 1. The molecule has 8 heteroatoms. The van der Waals surface area contributed by atoms with Crippen LogP contribution in [0.5, 0.6) is 0 Å². The van der Waals surface area contributed by atoms with Crippen LogP contribution in [0.25, 0.3) is 11.3 Å². The second kappa shape index (κ2) is 7.39. The van der Waals surface area contributed by atoms with Gasteiger partial charge in [-0.3, -0.25) is 19.9 Å². The van der Waals surface area contributed by atoms with Crippen LogP contribution in [0.4, 0.5) is 5.69 Å². The third kappa shape index (κ3) is 3.81. The summed E-state index contributed by atoms with van der Waals surface area (Å²) in [6.07, 6.45) is 4.41. The van der Waals surface area contributed by atoms with Crippen LogP contribution in [0.15, 0.2) is 64.4 Å². The van der Waals surface area contributed by atoms with E-state index >= 15 is 0 Å². The van der Waals surface area contributed by atoms with Crippen LogP contribution < -0.4 is 5.43 Å². The number of hydrogen-bond acceptors (Lipinski definition) is 6. The SMILES string of the molecule is Cc1cc([N+](=O)[O-])ccc1-c1ccc(C=NNC(=O)c2ccncc2)o1. The van der Waals surface area contributed by atoms with E-state index in [9.17, 15) is 14.9 Å². The van der Waals surface area contributed by atoms with Gasteiger partial charge < -0.3 is 4.42 Å². The maximum Gasteiger partial charge on any atom is 0.271 e. The fourth-order valence-corrected chi connectivity index (χ4v) is 2.33. The van der Waals surface area contributed by atoms with Gasteiger partial charge in [0.05, 0.1) is 11.1 Å². The Morgan fingerprint density at radius 3 is 2.69 bits per heavy atom. The van der Waals surface area contributed by atoms with Crippen LogP contribution in [0.1, 0.15) is 21.7 Å². The van der Waals surface area contributed by atoms with Gasteiger partial charge in [0.2, 0.25) is 0 Å². The quantitative estimate of drug-likeness (QED) is 0.431. The van der Waals surface area contributed by atoms with Gasteiger partial charge in [-0.2, -0.15) is 5.10 Å². The van der Waals surface area contributed by atoms with Crippen molar-refractivity contribution >= 4 is 17.8 Å². The minimum absolute atomic E-state index is 0.0263. The molecule has 0 aliphatic heterocycles. The molecule has 0 spiro atoms. The number of hydrazone groups is 1. The van der Waals surface area contributed by atoms with Crippen molar-refractivity contribution in [1.82, 2.24) is 10.4 Å². The van der Waals surface area contributed by atoms with Crippen LogP contribution in [-0.4, -0.2) is 22.0 Å². The van der Waals surface area contributed by atoms with E-state index in [-0.39, 0.29) is 11.6 Å². The lowest BCUT2D eigenvalue weighted by Gasteiger charge is -2.02. The standard InChI is InChI=1S/C18H14N4O4/c1-12-10-14(22(24)25)2-4-16(12)17-5-3-15(26-17)11-20-21-18(23)13-6-8-19-9-7-13/h2-11H,1H3,(H,21,23). The minimum atomic E-state index is -0.442. The molecule has 130 valence electrons. The lowest BCUT2D eigenvalue weighted by atomic mass is 10.1. The Kier molecular flexibility index (Phi) is 4.84. The number of rotatable bonds is 5. The van der Waals surface area contributed by atoms with Crippen LogP contribution in [0.2, 0.25) is 0 Å². The van der Waals surface area contributed by atoms with Gasteiger partial charge in [-0.05, 0) is 42.8 Å². The first-order valence-electron chi connectivity index (χ1n) is 7.63. The zero-order valence-electron chi connectivity index (χ0n) is 13.7. The lowest BCUT2D eigenvalue weighted by molar-refractivity contribution is -0.384. The highest BCUT2D eigenvalue weighted by Crippen LogP contribution is 2.28. The van der Waals surface area contributed by atoms with Crippen LogP contribution in [0, 0.1) is 17.0 Å². The number of carbonyl (C=O) groups is 1. The number of nitro benzene ring substituents is 1. The molecule has 0 atom stereocenters. The molecule has 3 rings (SSSR count). The molecule has 1 N–H and O–H groups in total. The molecular formula is C18H14N4O4. The summed E-state index contributed by atoms with van der Waals surface area (Å²) in [5.74, 6) is 0.633. The van der Waals surface area contributed by atoms with Crippen molar-refractivity contribution < 1.29 is 14.1 Å². The largest absolute Gasteiger partial charge is 0.455 e. The number of pyridine rings is 1. The molecule has 2 heterocycles. The van der Waals surface area contributed by atoms with E-state index in [0.29, 0.717) is 17.1 Å². The highest BCUT2D eigenvalue weighted by atomic mass is 16.6. The van der Waals surface area contributed by atoms with Crippen molar-refractivity contribution in [3.8, 4) is 11.3 Å². The number of hydrogen-bond donors (Lipinski definition) is 1. The van der Waals surface area contributed by atoms with Crippen molar-refractivity contribution in [2.45, 2.75) is 6.92 Å². The van der Waals surface area contributed by atoms with Gasteiger partial charge in [-0.1, -0.05) is 0 Å². The number of non-ortho nitro benzene ring substituents is 1. The number of carbonyl (C=O) groups excluding carboxylic acids is 1. The maximum atomic E-state index is 11.9. The lowest BCUT2D eigenvalue weighted by Crippen LogP contribution is -2.17. The molecule has 1 amide bonds. The van der Waals surface area contributed by atoms with E-state index < -0.39 is 4.92 Å². The van der Waals surface area contributed by atoms with E-state index in [2.05, 4.69) is 15.5 Å². The Morgan fingerprint density at radius 2 is 2.00 bits per heavy atom. The molecule has 0 radical (unpaired) electrons. The second-order valence-electron chi connectivity index (χ2n) is 5.39. The van der Waals surface area contributed by atoms with Gasteiger partial charge in [0, 0.05) is 35.7 Å². The summed E-state index contributed by atoms with van der Waals surface area (Å²) in [5, 5.41) is 14.7.